The molecule has 3 heterocycles. The summed E-state index contributed by atoms with van der Waals surface area (Å²) in [6.07, 6.45) is 7.78. The number of hydrogen-bond donors (Lipinski definition) is 1. The van der Waals surface area contributed by atoms with E-state index < -0.39 is 0 Å². The van der Waals surface area contributed by atoms with Gasteiger partial charge in [0.1, 0.15) is 11.1 Å². The van der Waals surface area contributed by atoms with Gasteiger partial charge in [0, 0.05) is 37.7 Å². The van der Waals surface area contributed by atoms with Crippen LogP contribution >= 0.6 is 11.3 Å². The predicted molar refractivity (Wildman–Crippen MR) is 122 cm³/mol. The number of anilines is 1. The number of thiophene rings is 1. The molecule has 0 aromatic carbocycles. The lowest BCUT2D eigenvalue weighted by atomic mass is 9.96. The van der Waals surface area contributed by atoms with Crippen molar-refractivity contribution < 1.29 is 23.9 Å². The summed E-state index contributed by atoms with van der Waals surface area (Å²) in [7, 11) is 1.39. The second-order valence-corrected chi connectivity index (χ2v) is 9.87. The highest BCUT2D eigenvalue weighted by molar-refractivity contribution is 7.17. The van der Waals surface area contributed by atoms with Crippen LogP contribution in [0.2, 0.25) is 0 Å². The molecule has 2 amide bonds. The zero-order chi connectivity index (χ0) is 22.5. The second-order valence-electron chi connectivity index (χ2n) is 8.76. The Labute approximate surface area is 193 Å². The van der Waals surface area contributed by atoms with E-state index in [0.29, 0.717) is 43.4 Å². The lowest BCUT2D eigenvalue weighted by Crippen LogP contribution is -2.52. The van der Waals surface area contributed by atoms with Crippen molar-refractivity contribution in [3.8, 4) is 0 Å². The van der Waals surface area contributed by atoms with Crippen molar-refractivity contribution in [1.29, 1.82) is 0 Å². The number of hydrogen-bond acceptors (Lipinski definition) is 7. The molecule has 8 nitrogen and oxygen atoms in total. The maximum atomic E-state index is 12.8. The van der Waals surface area contributed by atoms with Crippen LogP contribution in [0.4, 0.5) is 5.00 Å². The summed E-state index contributed by atoms with van der Waals surface area (Å²) in [6.45, 7) is 3.41. The fraction of sp³-hybridized carbons (Fsp3) is 0.696. The van der Waals surface area contributed by atoms with Crippen molar-refractivity contribution in [2.75, 3.05) is 51.8 Å². The van der Waals surface area contributed by atoms with E-state index in [0.717, 1.165) is 44.1 Å². The SMILES string of the molecule is COC(=O)c1c(NC(=O)CN2CCN(C(=O)C3CCCO3)CC2)sc2c1CCCCCC2. The van der Waals surface area contributed by atoms with Crippen molar-refractivity contribution >= 4 is 34.1 Å². The van der Waals surface area contributed by atoms with Gasteiger partial charge in [-0.1, -0.05) is 12.8 Å². The number of carbonyl (C=O) groups is 3. The minimum absolute atomic E-state index is 0.0744. The van der Waals surface area contributed by atoms with Gasteiger partial charge in [-0.2, -0.15) is 0 Å². The molecule has 0 spiro atoms. The van der Waals surface area contributed by atoms with Crippen LogP contribution in [0.15, 0.2) is 0 Å². The Balaban J connectivity index is 1.35. The van der Waals surface area contributed by atoms with Crippen LogP contribution in [0.5, 0.6) is 0 Å². The molecule has 2 fully saturated rings. The van der Waals surface area contributed by atoms with E-state index in [-0.39, 0.29) is 30.4 Å². The minimum atomic E-state index is -0.375. The van der Waals surface area contributed by atoms with Crippen molar-refractivity contribution in [2.45, 2.75) is 57.5 Å². The zero-order valence-electron chi connectivity index (χ0n) is 18.8. The first kappa shape index (κ1) is 23.2. The number of nitrogens with zero attached hydrogens (tertiary/aromatic N) is 2. The summed E-state index contributed by atoms with van der Waals surface area (Å²) >= 11 is 1.52. The highest BCUT2D eigenvalue weighted by Crippen LogP contribution is 2.37. The third kappa shape index (κ3) is 5.32. The van der Waals surface area contributed by atoms with Gasteiger partial charge in [-0.15, -0.1) is 11.3 Å². The molecule has 0 bridgehead atoms. The van der Waals surface area contributed by atoms with E-state index in [9.17, 15) is 14.4 Å². The summed E-state index contributed by atoms with van der Waals surface area (Å²) in [5, 5.41) is 3.60. The Hall–Kier alpha value is -1.97. The number of aryl methyl sites for hydroxylation is 1. The van der Waals surface area contributed by atoms with Gasteiger partial charge in [0.25, 0.3) is 5.91 Å². The highest BCUT2D eigenvalue weighted by Gasteiger charge is 2.31. The van der Waals surface area contributed by atoms with Crippen LogP contribution in [0, 0.1) is 0 Å². The van der Waals surface area contributed by atoms with Gasteiger partial charge in [-0.25, -0.2) is 4.79 Å². The van der Waals surface area contributed by atoms with Crippen molar-refractivity contribution in [2.24, 2.45) is 0 Å². The van der Waals surface area contributed by atoms with Gasteiger partial charge in [0.15, 0.2) is 0 Å². The molecule has 1 aromatic heterocycles. The molecule has 3 aliphatic rings. The Morgan fingerprint density at radius 1 is 1.06 bits per heavy atom. The summed E-state index contributed by atoms with van der Waals surface area (Å²) in [5.74, 6) is -0.437. The molecule has 1 unspecified atom stereocenters. The van der Waals surface area contributed by atoms with Gasteiger partial charge in [0.2, 0.25) is 5.91 Å². The van der Waals surface area contributed by atoms with E-state index >= 15 is 0 Å². The third-order valence-electron chi connectivity index (χ3n) is 6.57. The molecule has 0 radical (unpaired) electrons. The largest absolute Gasteiger partial charge is 0.465 e. The van der Waals surface area contributed by atoms with Crippen LogP contribution in [-0.4, -0.2) is 80.1 Å². The molecule has 4 rings (SSSR count). The maximum absolute atomic E-state index is 12.8. The topological polar surface area (TPSA) is 88.2 Å². The number of rotatable bonds is 5. The molecule has 32 heavy (non-hydrogen) atoms. The predicted octanol–water partition coefficient (Wildman–Crippen LogP) is 2.46. The van der Waals surface area contributed by atoms with Gasteiger partial charge < -0.3 is 19.7 Å². The first-order chi connectivity index (χ1) is 15.6. The Morgan fingerprint density at radius 3 is 2.50 bits per heavy atom. The van der Waals surface area contributed by atoms with Crippen LogP contribution in [0.25, 0.3) is 0 Å². The monoisotopic (exact) mass is 463 g/mol. The molecule has 176 valence electrons. The number of carbonyl (C=O) groups excluding carboxylic acids is 3. The highest BCUT2D eigenvalue weighted by atomic mass is 32.1. The van der Waals surface area contributed by atoms with Crippen molar-refractivity contribution in [3.05, 3.63) is 16.0 Å². The Kier molecular flexibility index (Phi) is 7.80. The molecule has 1 N–H and O–H groups in total. The van der Waals surface area contributed by atoms with Crippen LogP contribution in [0.3, 0.4) is 0 Å². The summed E-state index contributed by atoms with van der Waals surface area (Å²) in [6, 6.07) is 0. The zero-order valence-corrected chi connectivity index (χ0v) is 19.6. The number of esters is 1. The summed E-state index contributed by atoms with van der Waals surface area (Å²) < 4.78 is 10.5. The fourth-order valence-corrected chi connectivity index (χ4v) is 6.09. The molecule has 1 aromatic rings. The van der Waals surface area contributed by atoms with Gasteiger partial charge in [-0.05, 0) is 44.1 Å². The van der Waals surface area contributed by atoms with E-state index in [1.165, 1.54) is 36.2 Å². The quantitative estimate of drug-likeness (QED) is 0.675. The number of nitrogens with one attached hydrogen (secondary N) is 1. The normalized spacial score (nSPS) is 22.0. The first-order valence-corrected chi connectivity index (χ1v) is 12.5. The van der Waals surface area contributed by atoms with E-state index in [4.69, 9.17) is 9.47 Å². The number of ether oxygens (including phenoxy) is 2. The number of methoxy groups -OCH3 is 1. The average Bonchev–Trinajstić information content (AvgIpc) is 3.42. The maximum Gasteiger partial charge on any atom is 0.341 e. The molecular weight excluding hydrogens is 430 g/mol. The lowest BCUT2D eigenvalue weighted by molar-refractivity contribution is -0.142. The van der Waals surface area contributed by atoms with Crippen LogP contribution < -0.4 is 5.32 Å². The molecular formula is C23H33N3O5S. The molecule has 1 aliphatic carbocycles. The summed E-state index contributed by atoms with van der Waals surface area (Å²) in [5.41, 5.74) is 1.59. The smallest absolute Gasteiger partial charge is 0.341 e. The number of piperazine rings is 1. The van der Waals surface area contributed by atoms with Crippen LogP contribution in [0.1, 0.15) is 59.3 Å². The van der Waals surface area contributed by atoms with E-state index in [1.807, 2.05) is 4.90 Å². The van der Waals surface area contributed by atoms with Gasteiger partial charge >= 0.3 is 5.97 Å². The first-order valence-electron chi connectivity index (χ1n) is 11.7. The van der Waals surface area contributed by atoms with E-state index in [2.05, 4.69) is 10.2 Å². The second kappa shape index (κ2) is 10.8. The summed E-state index contributed by atoms with van der Waals surface area (Å²) in [4.78, 5) is 42.9. The average molecular weight is 464 g/mol. The molecule has 2 saturated heterocycles. The minimum Gasteiger partial charge on any atom is -0.465 e. The number of amides is 2. The van der Waals surface area contributed by atoms with Crippen molar-refractivity contribution in [3.63, 3.8) is 0 Å². The molecule has 1 atom stereocenters. The molecule has 0 saturated carbocycles. The Morgan fingerprint density at radius 2 is 1.81 bits per heavy atom. The van der Waals surface area contributed by atoms with Crippen LogP contribution in [-0.2, 0) is 31.9 Å². The van der Waals surface area contributed by atoms with Gasteiger partial charge in [-0.3, -0.25) is 14.5 Å². The van der Waals surface area contributed by atoms with E-state index in [1.54, 1.807) is 0 Å². The van der Waals surface area contributed by atoms with Gasteiger partial charge in [0.05, 0.1) is 19.2 Å². The Bertz CT molecular complexity index is 841. The fourth-order valence-electron chi connectivity index (χ4n) is 4.80. The molecule has 9 heteroatoms. The lowest BCUT2D eigenvalue weighted by Gasteiger charge is -2.35. The molecule has 2 aliphatic heterocycles. The number of fused-ring (bicyclic) bond motifs is 1. The van der Waals surface area contributed by atoms with Crippen molar-refractivity contribution in [1.82, 2.24) is 9.80 Å². The third-order valence-corrected chi connectivity index (χ3v) is 7.78. The standard InChI is InChI=1S/C23H33N3O5S/c1-30-23(29)20-16-7-4-2-3-5-9-18(16)32-21(20)24-19(27)15-25-10-12-26(13-11-25)22(28)17-8-6-14-31-17/h17H,2-15H2,1H3,(H,24,27).